The Morgan fingerprint density at radius 2 is 1.88 bits per heavy atom. The van der Waals surface area contributed by atoms with Gasteiger partial charge in [0.15, 0.2) is 6.10 Å². The monoisotopic (exact) mass is 590 g/mol. The van der Waals surface area contributed by atoms with E-state index in [0.29, 0.717) is 13.0 Å². The zero-order valence-electron chi connectivity index (χ0n) is 15.0. The minimum Gasteiger partial charge on any atom is -0.356 e. The van der Waals surface area contributed by atoms with Crippen LogP contribution < -0.4 is 5.32 Å². The van der Waals surface area contributed by atoms with Gasteiger partial charge in [-0.3, -0.25) is 9.59 Å². The number of carbonyl (C=O) groups is 2. The second kappa shape index (κ2) is 12.8. The number of nitrogens with zero attached hydrogens (tertiary/aromatic N) is 1. The first-order valence-electron chi connectivity index (χ1n) is 8.12. The molecule has 2 rings (SSSR count). The van der Waals surface area contributed by atoms with E-state index in [1.165, 1.54) is 4.90 Å². The maximum Gasteiger partial charge on any atom is 0.252 e. The average molecular weight is 590 g/mol. The van der Waals surface area contributed by atoms with Crippen molar-refractivity contribution in [2.75, 3.05) is 27.3 Å². The van der Waals surface area contributed by atoms with Crippen molar-refractivity contribution < 1.29 is 24.1 Å². The molecule has 3 atom stereocenters. The number of rotatable bonds is 9. The first-order valence-corrected chi connectivity index (χ1v) is 14.4. The van der Waals surface area contributed by atoms with Gasteiger partial charge in [-0.2, -0.15) is 0 Å². The third-order valence-electron chi connectivity index (χ3n) is 3.61. The summed E-state index contributed by atoms with van der Waals surface area (Å²) in [5.74, 6) is -0.466. The van der Waals surface area contributed by atoms with E-state index in [1.807, 2.05) is 30.3 Å². The smallest absolute Gasteiger partial charge is 0.252 e. The van der Waals surface area contributed by atoms with E-state index in [1.54, 1.807) is 21.0 Å². The van der Waals surface area contributed by atoms with Crippen molar-refractivity contribution in [3.05, 3.63) is 35.9 Å². The van der Waals surface area contributed by atoms with Crippen molar-refractivity contribution in [1.29, 1.82) is 0 Å². The lowest BCUT2D eigenvalue weighted by Gasteiger charge is -2.21. The van der Waals surface area contributed by atoms with E-state index in [0.717, 1.165) is 5.56 Å². The summed E-state index contributed by atoms with van der Waals surface area (Å²) in [7, 11) is 3.33. The fraction of sp³-hybridized carbons (Fsp3) is 0.529. The van der Waals surface area contributed by atoms with Crippen LogP contribution in [-0.2, 0) is 30.5 Å². The molecule has 146 valence electrons. The molecule has 0 aromatic heterocycles. The number of amides is 2. The molecule has 7 nitrogen and oxygen atoms in total. The van der Waals surface area contributed by atoms with Gasteiger partial charge in [-0.1, -0.05) is 30.3 Å². The van der Waals surface area contributed by atoms with Crippen LogP contribution in [0.25, 0.3) is 0 Å². The van der Waals surface area contributed by atoms with Crippen molar-refractivity contribution in [3.63, 3.8) is 0 Å². The standard InChI is InChI=1S/C17H24N2O5.I2/c1-4-22-23-11-14-15(24-14)16(20)18-13(17(21)19(2)3)10-12-8-6-5-7-9-12;1-2/h5-9,13-15H,4,10-11H2,1-3H3,(H,18,20);. The molecule has 26 heavy (non-hydrogen) atoms. The SMILES string of the molecule is CCOOCC1OC1C(=O)NC(Cc1ccccc1)C(=O)N(C)C.II. The van der Waals surface area contributed by atoms with Gasteiger partial charge in [0.2, 0.25) is 5.91 Å². The van der Waals surface area contributed by atoms with Crippen molar-refractivity contribution in [2.45, 2.75) is 31.6 Å². The fourth-order valence-corrected chi connectivity index (χ4v) is 2.31. The van der Waals surface area contributed by atoms with Crippen LogP contribution in [-0.4, -0.2) is 62.3 Å². The Bertz CT molecular complexity index is 559. The zero-order chi connectivity index (χ0) is 19.5. The van der Waals surface area contributed by atoms with Crippen molar-refractivity contribution in [3.8, 4) is 0 Å². The number of hydrogen-bond donors (Lipinski definition) is 1. The first kappa shape index (κ1) is 23.5. The number of epoxide rings is 1. The summed E-state index contributed by atoms with van der Waals surface area (Å²) in [5, 5.41) is 2.78. The highest BCUT2D eigenvalue weighted by molar-refractivity contribution is 15.0. The van der Waals surface area contributed by atoms with Crippen LogP contribution in [0.1, 0.15) is 12.5 Å². The fourth-order valence-electron chi connectivity index (χ4n) is 2.31. The van der Waals surface area contributed by atoms with Gasteiger partial charge in [0.05, 0.1) is 6.61 Å². The normalized spacial score (nSPS) is 19.0. The Kier molecular flexibility index (Phi) is 11.6. The highest BCUT2D eigenvalue weighted by Crippen LogP contribution is 2.23. The average Bonchev–Trinajstić information content (AvgIpc) is 3.43. The van der Waals surface area contributed by atoms with E-state index in [4.69, 9.17) is 14.5 Å². The zero-order valence-corrected chi connectivity index (χ0v) is 19.3. The van der Waals surface area contributed by atoms with Gasteiger partial charge in [-0.25, -0.2) is 9.78 Å². The summed E-state index contributed by atoms with van der Waals surface area (Å²) in [6.45, 7) is 2.43. The Balaban J connectivity index is 0.00000163. The molecule has 0 saturated carbocycles. The van der Waals surface area contributed by atoms with Crippen LogP contribution in [0.4, 0.5) is 0 Å². The van der Waals surface area contributed by atoms with Gasteiger partial charge < -0.3 is 15.0 Å². The first-order chi connectivity index (χ1) is 12.5. The number of hydrogen-bond acceptors (Lipinski definition) is 5. The molecule has 1 N–H and O–H groups in total. The molecule has 1 fully saturated rings. The summed E-state index contributed by atoms with van der Waals surface area (Å²) in [5.41, 5.74) is 0.978. The second-order valence-electron chi connectivity index (χ2n) is 5.77. The largest absolute Gasteiger partial charge is 0.356 e. The van der Waals surface area contributed by atoms with E-state index >= 15 is 0 Å². The van der Waals surface area contributed by atoms with Gasteiger partial charge >= 0.3 is 0 Å². The number of ether oxygens (including phenoxy) is 1. The molecule has 1 aliphatic heterocycles. The third kappa shape index (κ3) is 8.03. The topological polar surface area (TPSA) is 80.4 Å². The Hall–Kier alpha value is -0.500. The molecule has 9 heteroatoms. The number of likely N-dealkylation sites (N-methyl/N-ethyl adjacent to an activating group) is 1. The van der Waals surface area contributed by atoms with Crippen molar-refractivity contribution in [1.82, 2.24) is 10.2 Å². The van der Waals surface area contributed by atoms with E-state index < -0.39 is 12.1 Å². The van der Waals surface area contributed by atoms with Crippen molar-refractivity contribution in [2.24, 2.45) is 0 Å². The minimum atomic E-state index is -0.632. The second-order valence-corrected chi connectivity index (χ2v) is 5.77. The van der Waals surface area contributed by atoms with Crippen LogP contribution in [0.15, 0.2) is 30.3 Å². The minimum absolute atomic E-state index is 0.157. The predicted octanol–water partition coefficient (Wildman–Crippen LogP) is 2.31. The molecule has 0 spiro atoms. The van der Waals surface area contributed by atoms with Crippen LogP contribution in [0.5, 0.6) is 0 Å². The molecule has 1 saturated heterocycles. The Labute approximate surface area is 177 Å². The molecule has 0 radical (unpaired) electrons. The highest BCUT2D eigenvalue weighted by atomic mass is 128. The summed E-state index contributed by atoms with van der Waals surface area (Å²) in [6.07, 6.45) is -0.502. The van der Waals surface area contributed by atoms with Crippen LogP contribution in [0.2, 0.25) is 0 Å². The van der Waals surface area contributed by atoms with E-state index in [9.17, 15) is 9.59 Å². The molecule has 1 aromatic carbocycles. The lowest BCUT2D eigenvalue weighted by Crippen LogP contribution is -2.49. The molecule has 1 aliphatic rings. The van der Waals surface area contributed by atoms with Gasteiger partial charge in [-0.15, -0.1) is 0 Å². The van der Waals surface area contributed by atoms with Gasteiger partial charge in [-0.05, 0) is 12.5 Å². The quantitative estimate of drug-likeness (QED) is 0.157. The Morgan fingerprint density at radius 1 is 1.23 bits per heavy atom. The molecule has 0 bridgehead atoms. The summed E-state index contributed by atoms with van der Waals surface area (Å²) < 4.78 is 5.27. The van der Waals surface area contributed by atoms with E-state index in [2.05, 4.69) is 42.5 Å². The molecule has 0 aliphatic carbocycles. The predicted molar refractivity (Wildman–Crippen MR) is 115 cm³/mol. The lowest BCUT2D eigenvalue weighted by molar-refractivity contribution is -0.292. The summed E-state index contributed by atoms with van der Waals surface area (Å²) in [4.78, 5) is 35.7. The van der Waals surface area contributed by atoms with Crippen LogP contribution in [0.3, 0.4) is 0 Å². The number of benzene rings is 1. The Morgan fingerprint density at radius 3 is 2.46 bits per heavy atom. The maximum atomic E-state index is 12.3. The highest BCUT2D eigenvalue weighted by Gasteiger charge is 2.46. The molecular formula is C17H24I2N2O5. The molecule has 2 amide bonds. The lowest BCUT2D eigenvalue weighted by atomic mass is 10.0. The van der Waals surface area contributed by atoms with Gasteiger partial charge in [0.1, 0.15) is 18.8 Å². The third-order valence-corrected chi connectivity index (χ3v) is 3.61. The number of halogens is 2. The van der Waals surface area contributed by atoms with Crippen LogP contribution >= 0.6 is 37.2 Å². The number of carbonyl (C=O) groups excluding carboxylic acids is 2. The molecule has 1 heterocycles. The summed E-state index contributed by atoms with van der Waals surface area (Å²) >= 11 is 4.24. The van der Waals surface area contributed by atoms with E-state index in [-0.39, 0.29) is 24.5 Å². The van der Waals surface area contributed by atoms with Gasteiger partial charge in [0.25, 0.3) is 5.91 Å². The van der Waals surface area contributed by atoms with Crippen molar-refractivity contribution >= 4 is 49.0 Å². The number of nitrogens with one attached hydrogen (secondary N) is 1. The van der Waals surface area contributed by atoms with Crippen LogP contribution in [0, 0.1) is 0 Å². The maximum absolute atomic E-state index is 12.3. The summed E-state index contributed by atoms with van der Waals surface area (Å²) in [6, 6.07) is 8.93. The molecule has 1 aromatic rings. The van der Waals surface area contributed by atoms with Gasteiger partial charge in [0, 0.05) is 57.7 Å². The molecule has 3 unspecified atom stereocenters. The molecular weight excluding hydrogens is 566 g/mol.